The van der Waals surface area contributed by atoms with E-state index >= 15 is 4.79 Å². The topological polar surface area (TPSA) is 166 Å². The van der Waals surface area contributed by atoms with Gasteiger partial charge in [0.1, 0.15) is 41.5 Å². The van der Waals surface area contributed by atoms with E-state index in [0.29, 0.717) is 50.4 Å². The fourth-order valence-corrected chi connectivity index (χ4v) is 11.3. The number of epoxide rings is 1. The quantitative estimate of drug-likeness (QED) is 0.248. The van der Waals surface area contributed by atoms with E-state index in [1.165, 1.54) is 0 Å². The number of fused-ring (bicyclic) bond motifs is 6. The van der Waals surface area contributed by atoms with Crippen LogP contribution in [0.3, 0.4) is 0 Å². The Morgan fingerprint density at radius 1 is 1.00 bits per heavy atom. The molecule has 5 saturated heterocycles. The SMILES string of the molecule is CC(C)(C)OC(=O)CCC(CO)NC(=O)C1CCCN1C(=O)C12CC3OC(=O)C1N(Cc1cccc(C=CC4CCC5OC5C4)c1)OC2C1OC2(Cc4ccccc4C2)OC31. The number of ether oxygens (including phenoxy) is 5. The molecule has 7 fully saturated rings. The van der Waals surface area contributed by atoms with Crippen LogP contribution in [0.25, 0.3) is 6.08 Å². The Kier molecular flexibility index (Phi) is 10.4. The molecule has 2 bridgehead atoms. The lowest BCUT2D eigenvalue weighted by atomic mass is 9.62. The van der Waals surface area contributed by atoms with E-state index in [1.807, 2.05) is 24.3 Å². The third-order valence-electron chi connectivity index (χ3n) is 14.1. The molecule has 10 rings (SSSR count). The van der Waals surface area contributed by atoms with Gasteiger partial charge >= 0.3 is 11.9 Å². The van der Waals surface area contributed by atoms with E-state index in [-0.39, 0.29) is 38.3 Å². The molecule has 2 N–H and O–H groups in total. The van der Waals surface area contributed by atoms with Gasteiger partial charge in [0.25, 0.3) is 0 Å². The van der Waals surface area contributed by atoms with Crippen LogP contribution in [-0.4, -0.2) is 118 Å². The van der Waals surface area contributed by atoms with Crippen LogP contribution in [0.5, 0.6) is 0 Å². The monoisotopic (exact) mass is 839 g/mol. The van der Waals surface area contributed by atoms with E-state index in [2.05, 4.69) is 41.7 Å². The first-order chi connectivity index (χ1) is 29.3. The molecule has 0 aromatic heterocycles. The highest BCUT2D eigenvalue weighted by Gasteiger charge is 2.77. The summed E-state index contributed by atoms with van der Waals surface area (Å²) in [7, 11) is 0. The molecule has 11 atom stereocenters. The Balaban J connectivity index is 0.925. The number of aliphatic hydroxyl groups is 1. The number of hydroxylamine groups is 2. The van der Waals surface area contributed by atoms with Crippen molar-refractivity contribution in [1.29, 1.82) is 0 Å². The van der Waals surface area contributed by atoms with Gasteiger partial charge in [0.15, 0.2) is 11.8 Å². The van der Waals surface area contributed by atoms with Gasteiger partial charge < -0.3 is 39.0 Å². The molecule has 3 aliphatic carbocycles. The highest BCUT2D eigenvalue weighted by Crippen LogP contribution is 2.59. The van der Waals surface area contributed by atoms with Gasteiger partial charge in [0.05, 0.1) is 31.4 Å². The van der Waals surface area contributed by atoms with Crippen LogP contribution in [0.2, 0.25) is 0 Å². The summed E-state index contributed by atoms with van der Waals surface area (Å²) in [5.41, 5.74) is 2.07. The number of allylic oxidation sites excluding steroid dienone is 1. The second-order valence-corrected chi connectivity index (χ2v) is 19.5. The zero-order chi connectivity index (χ0) is 42.3. The fraction of sp³-hybridized carbons (Fsp3) is 0.617. The minimum atomic E-state index is -1.45. The molecule has 8 aliphatic rings. The molecule has 11 unspecified atom stereocenters. The second kappa shape index (κ2) is 15.6. The van der Waals surface area contributed by atoms with Crippen LogP contribution in [-0.2, 0) is 67.1 Å². The molecule has 14 heteroatoms. The summed E-state index contributed by atoms with van der Waals surface area (Å²) in [4.78, 5) is 65.0. The van der Waals surface area contributed by atoms with Gasteiger partial charge in [-0.3, -0.25) is 24.0 Å². The molecular weight excluding hydrogens is 783 g/mol. The van der Waals surface area contributed by atoms with Crippen molar-refractivity contribution in [2.45, 2.75) is 158 Å². The molecule has 5 aliphatic heterocycles. The Labute approximate surface area is 356 Å². The van der Waals surface area contributed by atoms with E-state index in [9.17, 15) is 19.5 Å². The van der Waals surface area contributed by atoms with Crippen molar-refractivity contribution in [3.63, 3.8) is 0 Å². The van der Waals surface area contributed by atoms with Crippen LogP contribution in [0.4, 0.5) is 0 Å². The number of carbonyl (C=O) groups excluding carboxylic acids is 4. The van der Waals surface area contributed by atoms with Crippen molar-refractivity contribution in [1.82, 2.24) is 15.3 Å². The minimum Gasteiger partial charge on any atom is -0.460 e. The maximum absolute atomic E-state index is 15.6. The van der Waals surface area contributed by atoms with E-state index in [4.69, 9.17) is 28.5 Å². The number of amides is 2. The average molecular weight is 840 g/mol. The molecular formula is C47H57N3O11. The summed E-state index contributed by atoms with van der Waals surface area (Å²) in [5, 5.41) is 14.7. The third-order valence-corrected chi connectivity index (χ3v) is 14.1. The largest absolute Gasteiger partial charge is 0.460 e. The van der Waals surface area contributed by atoms with Gasteiger partial charge in [-0.15, -0.1) is 0 Å². The maximum atomic E-state index is 15.6. The number of carbonyl (C=O) groups is 4. The summed E-state index contributed by atoms with van der Waals surface area (Å²) < 4.78 is 31.2. The number of benzene rings is 2. The molecule has 326 valence electrons. The Hall–Kier alpha value is -4.18. The molecule has 61 heavy (non-hydrogen) atoms. The number of nitrogens with one attached hydrogen (secondary N) is 1. The minimum absolute atomic E-state index is 0.00632. The summed E-state index contributed by atoms with van der Waals surface area (Å²) in [6.07, 6.45) is 7.74. The standard InChI is InChI=1S/C47H57N3O11/c1-45(2,3)58-37(52)18-16-32(26-51)48-42(53)33-12-7-19-49(33)44(55)47-24-36-38-39(60-46(59-38)22-30-10-4-5-11-31(30)23-46)41(47)61-50(40(47)43(54)57-36)25-29-9-6-8-27(20-29)13-14-28-15-17-34-35(21-28)56-34/h4-6,8-11,13-14,20,28,32-36,38-41,51H,7,12,15-19,21-26H2,1-3H3,(H,48,53). The van der Waals surface area contributed by atoms with Crippen molar-refractivity contribution in [2.24, 2.45) is 11.3 Å². The maximum Gasteiger partial charge on any atom is 0.327 e. The van der Waals surface area contributed by atoms with Crippen molar-refractivity contribution in [3.8, 4) is 0 Å². The highest BCUT2D eigenvalue weighted by molar-refractivity contribution is 5.96. The fourth-order valence-electron chi connectivity index (χ4n) is 11.3. The van der Waals surface area contributed by atoms with Gasteiger partial charge in [0, 0.05) is 32.2 Å². The normalized spacial score (nSPS) is 34.8. The Bertz CT molecular complexity index is 2080. The van der Waals surface area contributed by atoms with Gasteiger partial charge in [0.2, 0.25) is 11.8 Å². The first kappa shape index (κ1) is 40.9. The molecule has 1 spiro atoms. The van der Waals surface area contributed by atoms with Crippen LogP contribution >= 0.6 is 0 Å². The highest BCUT2D eigenvalue weighted by atomic mass is 16.8. The number of nitrogens with zero attached hydrogens (tertiary/aromatic N) is 2. The number of aliphatic hydroxyl groups excluding tert-OH is 1. The van der Waals surface area contributed by atoms with Crippen LogP contribution in [0.15, 0.2) is 54.6 Å². The van der Waals surface area contributed by atoms with Crippen LogP contribution in [0.1, 0.15) is 94.4 Å². The van der Waals surface area contributed by atoms with Crippen molar-refractivity contribution < 1.29 is 52.8 Å². The smallest absolute Gasteiger partial charge is 0.327 e. The molecule has 2 saturated carbocycles. The second-order valence-electron chi connectivity index (χ2n) is 19.5. The Morgan fingerprint density at radius 2 is 1.79 bits per heavy atom. The third kappa shape index (κ3) is 7.60. The number of hydrogen-bond donors (Lipinski definition) is 2. The van der Waals surface area contributed by atoms with Crippen LogP contribution < -0.4 is 5.32 Å². The zero-order valence-corrected chi connectivity index (χ0v) is 35.2. The molecule has 14 nitrogen and oxygen atoms in total. The van der Waals surface area contributed by atoms with Gasteiger partial charge in [-0.1, -0.05) is 60.7 Å². The van der Waals surface area contributed by atoms with Crippen molar-refractivity contribution in [3.05, 3.63) is 76.9 Å². The van der Waals surface area contributed by atoms with Crippen LogP contribution in [0, 0.1) is 11.3 Å². The van der Waals surface area contributed by atoms with E-state index < -0.39 is 77.2 Å². The molecule has 2 aromatic rings. The first-order valence-corrected chi connectivity index (χ1v) is 22.2. The summed E-state index contributed by atoms with van der Waals surface area (Å²) >= 11 is 0. The van der Waals surface area contributed by atoms with E-state index in [1.54, 1.807) is 30.7 Å². The summed E-state index contributed by atoms with van der Waals surface area (Å²) in [5.74, 6) is -2.32. The van der Waals surface area contributed by atoms with Crippen molar-refractivity contribution in [2.75, 3.05) is 13.2 Å². The van der Waals surface area contributed by atoms with E-state index in [0.717, 1.165) is 41.5 Å². The Morgan fingerprint density at radius 3 is 2.54 bits per heavy atom. The number of rotatable bonds is 11. The molecule has 2 aromatic carbocycles. The molecule has 0 radical (unpaired) electrons. The summed E-state index contributed by atoms with van der Waals surface area (Å²) in [6, 6.07) is 13.5. The predicted molar refractivity (Wildman–Crippen MR) is 218 cm³/mol. The summed E-state index contributed by atoms with van der Waals surface area (Å²) in [6.45, 7) is 5.45. The lowest BCUT2D eigenvalue weighted by Crippen LogP contribution is -2.70. The number of likely N-dealkylation sites (tertiary alicyclic amines) is 1. The van der Waals surface area contributed by atoms with Gasteiger partial charge in [-0.05, 0) is 87.5 Å². The molecule has 2 amide bonds. The van der Waals surface area contributed by atoms with Gasteiger partial charge in [-0.2, -0.15) is 5.06 Å². The van der Waals surface area contributed by atoms with Crippen molar-refractivity contribution >= 4 is 29.8 Å². The zero-order valence-electron chi connectivity index (χ0n) is 35.2. The molecule has 5 heterocycles. The number of hydrogen-bond acceptors (Lipinski definition) is 12. The average Bonchev–Trinajstić information content (AvgIpc) is 3.55. The predicted octanol–water partition coefficient (Wildman–Crippen LogP) is 3.94. The lowest BCUT2D eigenvalue weighted by molar-refractivity contribution is -0.218. The van der Waals surface area contributed by atoms with Gasteiger partial charge in [-0.25, -0.2) is 0 Å². The first-order valence-electron chi connectivity index (χ1n) is 22.2. The number of esters is 2. The lowest BCUT2D eigenvalue weighted by Gasteiger charge is -2.50.